The summed E-state index contributed by atoms with van der Waals surface area (Å²) < 4.78 is 0. The van der Waals surface area contributed by atoms with Gasteiger partial charge in [0.15, 0.2) is 0 Å². The van der Waals surface area contributed by atoms with Gasteiger partial charge >= 0.3 is 0 Å². The number of hydrogen-bond donors (Lipinski definition) is 0. The second kappa shape index (κ2) is 7.98. The van der Waals surface area contributed by atoms with Crippen LogP contribution in [0.15, 0.2) is 18.2 Å². The molecule has 0 bridgehead atoms. The topological polar surface area (TPSA) is 23.6 Å². The molecule has 122 valence electrons. The lowest BCUT2D eigenvalue weighted by atomic mass is 10.0. The Kier molecular flexibility index (Phi) is 6.27. The quantitative estimate of drug-likeness (QED) is 0.792. The summed E-state index contributed by atoms with van der Waals surface area (Å²) in [6.07, 6.45) is 1.67. The smallest absolute Gasteiger partial charge is 0.129 e. The van der Waals surface area contributed by atoms with Gasteiger partial charge in [0, 0.05) is 32.6 Å². The monoisotopic (exact) mass is 322 g/mol. The van der Waals surface area contributed by atoms with Crippen LogP contribution in [0.5, 0.6) is 0 Å². The molecular formula is C18H27ClN2O. The third-order valence-corrected chi connectivity index (χ3v) is 4.66. The minimum atomic E-state index is 0.288. The van der Waals surface area contributed by atoms with Crippen LogP contribution in [0.25, 0.3) is 0 Å². The SMILES string of the molecule is CC(=O)CCCN1CCN(c2ccc(C(C)C)cc2Cl)CC1. The molecule has 1 heterocycles. The fourth-order valence-corrected chi connectivity index (χ4v) is 3.21. The molecule has 2 rings (SSSR count). The molecule has 0 atom stereocenters. The summed E-state index contributed by atoms with van der Waals surface area (Å²) in [5.41, 5.74) is 2.44. The van der Waals surface area contributed by atoms with Crippen molar-refractivity contribution in [3.8, 4) is 0 Å². The number of carbonyl (C=O) groups is 1. The number of piperazine rings is 1. The minimum Gasteiger partial charge on any atom is -0.368 e. The van der Waals surface area contributed by atoms with Crippen LogP contribution in [0.3, 0.4) is 0 Å². The van der Waals surface area contributed by atoms with Gasteiger partial charge in [-0.15, -0.1) is 0 Å². The van der Waals surface area contributed by atoms with Crippen LogP contribution in [0.1, 0.15) is 45.1 Å². The molecule has 3 nitrogen and oxygen atoms in total. The van der Waals surface area contributed by atoms with E-state index >= 15 is 0 Å². The van der Waals surface area contributed by atoms with Crippen LogP contribution in [0.4, 0.5) is 5.69 Å². The first-order valence-corrected chi connectivity index (χ1v) is 8.61. The first-order valence-electron chi connectivity index (χ1n) is 8.23. The van der Waals surface area contributed by atoms with Gasteiger partial charge < -0.3 is 9.69 Å². The summed E-state index contributed by atoms with van der Waals surface area (Å²) in [6, 6.07) is 6.44. The van der Waals surface area contributed by atoms with Crippen molar-refractivity contribution in [2.24, 2.45) is 0 Å². The molecule has 1 aromatic carbocycles. The molecule has 0 spiro atoms. The first kappa shape index (κ1) is 17.3. The second-order valence-corrected chi connectivity index (χ2v) is 6.91. The van der Waals surface area contributed by atoms with Crippen molar-refractivity contribution in [1.29, 1.82) is 0 Å². The Morgan fingerprint density at radius 2 is 1.91 bits per heavy atom. The lowest BCUT2D eigenvalue weighted by Gasteiger charge is -2.36. The number of ketones is 1. The molecule has 1 saturated heterocycles. The largest absolute Gasteiger partial charge is 0.368 e. The third kappa shape index (κ3) is 4.72. The first-order chi connectivity index (χ1) is 10.5. The van der Waals surface area contributed by atoms with E-state index in [0.29, 0.717) is 12.3 Å². The Morgan fingerprint density at radius 1 is 1.23 bits per heavy atom. The van der Waals surface area contributed by atoms with E-state index in [-0.39, 0.29) is 5.78 Å². The summed E-state index contributed by atoms with van der Waals surface area (Å²) in [6.45, 7) is 11.1. The maximum Gasteiger partial charge on any atom is 0.129 e. The van der Waals surface area contributed by atoms with Crippen LogP contribution in [-0.4, -0.2) is 43.4 Å². The summed E-state index contributed by atoms with van der Waals surface area (Å²) in [5.74, 6) is 0.792. The number of hydrogen-bond acceptors (Lipinski definition) is 3. The third-order valence-electron chi connectivity index (χ3n) is 4.35. The number of Topliss-reactive ketones (excluding diaryl/α,β-unsaturated/α-hetero) is 1. The number of rotatable bonds is 6. The highest BCUT2D eigenvalue weighted by Crippen LogP contribution is 2.30. The van der Waals surface area contributed by atoms with Crippen molar-refractivity contribution >= 4 is 23.1 Å². The molecule has 0 aromatic heterocycles. The summed E-state index contributed by atoms with van der Waals surface area (Å²) in [4.78, 5) is 15.8. The summed E-state index contributed by atoms with van der Waals surface area (Å²) in [7, 11) is 0. The molecule has 1 aromatic rings. The van der Waals surface area contributed by atoms with E-state index in [1.54, 1.807) is 6.92 Å². The Morgan fingerprint density at radius 3 is 2.45 bits per heavy atom. The van der Waals surface area contributed by atoms with Crippen molar-refractivity contribution in [3.63, 3.8) is 0 Å². The second-order valence-electron chi connectivity index (χ2n) is 6.50. The molecule has 0 amide bonds. The Labute approximate surface area is 139 Å². The fraction of sp³-hybridized carbons (Fsp3) is 0.611. The lowest BCUT2D eigenvalue weighted by Crippen LogP contribution is -2.46. The molecule has 22 heavy (non-hydrogen) atoms. The molecule has 1 fully saturated rings. The van der Waals surface area contributed by atoms with Crippen molar-refractivity contribution in [2.75, 3.05) is 37.6 Å². The van der Waals surface area contributed by atoms with E-state index in [1.807, 2.05) is 0 Å². The maximum absolute atomic E-state index is 11.0. The van der Waals surface area contributed by atoms with Gasteiger partial charge in [0.05, 0.1) is 10.7 Å². The standard InChI is InChI=1S/C18H27ClN2O/c1-14(2)16-6-7-18(17(19)13-16)21-11-9-20(10-12-21)8-4-5-15(3)22/h6-7,13-14H,4-5,8-12H2,1-3H3. The Bertz CT molecular complexity index is 508. The highest BCUT2D eigenvalue weighted by molar-refractivity contribution is 6.33. The normalized spacial score (nSPS) is 16.3. The van der Waals surface area contributed by atoms with Crippen LogP contribution in [0, 0.1) is 0 Å². The van der Waals surface area contributed by atoms with Crippen molar-refractivity contribution in [2.45, 2.75) is 39.5 Å². The molecular weight excluding hydrogens is 296 g/mol. The van der Waals surface area contributed by atoms with Gasteiger partial charge in [-0.05, 0) is 43.5 Å². The van der Waals surface area contributed by atoms with E-state index in [4.69, 9.17) is 11.6 Å². The van der Waals surface area contributed by atoms with E-state index in [0.717, 1.165) is 49.9 Å². The van der Waals surface area contributed by atoms with E-state index in [9.17, 15) is 4.79 Å². The Balaban J connectivity index is 1.87. The van der Waals surface area contributed by atoms with Crippen molar-refractivity contribution < 1.29 is 4.79 Å². The molecule has 1 aliphatic heterocycles. The zero-order valence-electron chi connectivity index (χ0n) is 13.9. The highest BCUT2D eigenvalue weighted by atomic mass is 35.5. The Hall–Kier alpha value is -1.06. The van der Waals surface area contributed by atoms with E-state index < -0.39 is 0 Å². The lowest BCUT2D eigenvalue weighted by molar-refractivity contribution is -0.117. The number of anilines is 1. The zero-order chi connectivity index (χ0) is 16.1. The van der Waals surface area contributed by atoms with Gasteiger partial charge in [0.2, 0.25) is 0 Å². The molecule has 0 unspecified atom stereocenters. The van der Waals surface area contributed by atoms with Crippen LogP contribution in [-0.2, 0) is 4.79 Å². The minimum absolute atomic E-state index is 0.288. The highest BCUT2D eigenvalue weighted by Gasteiger charge is 2.19. The fourth-order valence-electron chi connectivity index (χ4n) is 2.90. The molecule has 1 aliphatic rings. The summed E-state index contributed by atoms with van der Waals surface area (Å²) in [5, 5.41) is 0.858. The molecule has 0 aliphatic carbocycles. The number of halogens is 1. The van der Waals surface area contributed by atoms with Gasteiger partial charge in [-0.2, -0.15) is 0 Å². The summed E-state index contributed by atoms with van der Waals surface area (Å²) >= 11 is 6.47. The van der Waals surface area contributed by atoms with Crippen molar-refractivity contribution in [1.82, 2.24) is 4.90 Å². The van der Waals surface area contributed by atoms with Gasteiger partial charge in [0.1, 0.15) is 5.78 Å². The van der Waals surface area contributed by atoms with Gasteiger partial charge in [-0.1, -0.05) is 31.5 Å². The number of carbonyl (C=O) groups excluding carboxylic acids is 1. The molecule has 0 saturated carbocycles. The predicted molar refractivity (Wildman–Crippen MR) is 94.1 cm³/mol. The predicted octanol–water partition coefficient (Wildman–Crippen LogP) is 3.95. The molecule has 0 N–H and O–H groups in total. The number of benzene rings is 1. The van der Waals surface area contributed by atoms with E-state index in [1.165, 1.54) is 5.56 Å². The van der Waals surface area contributed by atoms with Gasteiger partial charge in [-0.25, -0.2) is 0 Å². The average Bonchev–Trinajstić information content (AvgIpc) is 2.47. The van der Waals surface area contributed by atoms with Gasteiger partial charge in [0.25, 0.3) is 0 Å². The maximum atomic E-state index is 11.0. The average molecular weight is 323 g/mol. The van der Waals surface area contributed by atoms with Crippen molar-refractivity contribution in [3.05, 3.63) is 28.8 Å². The van der Waals surface area contributed by atoms with Gasteiger partial charge in [-0.3, -0.25) is 4.90 Å². The molecule has 0 radical (unpaired) electrons. The van der Waals surface area contributed by atoms with Crippen LogP contribution < -0.4 is 4.90 Å². The van der Waals surface area contributed by atoms with Crippen LogP contribution >= 0.6 is 11.6 Å². The van der Waals surface area contributed by atoms with E-state index in [2.05, 4.69) is 41.8 Å². The molecule has 4 heteroatoms. The zero-order valence-corrected chi connectivity index (χ0v) is 14.7. The van der Waals surface area contributed by atoms with Crippen LogP contribution in [0.2, 0.25) is 5.02 Å². The number of nitrogens with zero attached hydrogens (tertiary/aromatic N) is 2.